The summed E-state index contributed by atoms with van der Waals surface area (Å²) in [7, 11) is 3.38. The van der Waals surface area contributed by atoms with Gasteiger partial charge < -0.3 is 4.57 Å². The van der Waals surface area contributed by atoms with Crippen molar-refractivity contribution in [3.05, 3.63) is 68.3 Å². The Balaban J connectivity index is 2.15. The van der Waals surface area contributed by atoms with Crippen LogP contribution in [0.4, 0.5) is 8.78 Å². The van der Waals surface area contributed by atoms with Crippen molar-refractivity contribution in [3.8, 4) is 0 Å². The molecule has 2 aromatic carbocycles. The second-order valence-corrected chi connectivity index (χ2v) is 7.78. The molecule has 0 saturated heterocycles. The van der Waals surface area contributed by atoms with E-state index in [0.29, 0.717) is 39.4 Å². The largest absolute Gasteiger partial charge is 0.347 e. The van der Waals surface area contributed by atoms with Gasteiger partial charge in [-0.25, -0.2) is 0 Å². The Morgan fingerprint density at radius 2 is 1.92 bits per heavy atom. The number of aldehydes is 1. The Morgan fingerprint density at radius 1 is 1.23 bits per heavy atom. The van der Waals surface area contributed by atoms with Gasteiger partial charge in [-0.15, -0.1) is 0 Å². The summed E-state index contributed by atoms with van der Waals surface area (Å²) in [5.74, 6) is 0. The maximum Gasteiger partial charge on any atom is 0.283 e. The zero-order valence-electron chi connectivity index (χ0n) is 14.1. The number of benzene rings is 2. The van der Waals surface area contributed by atoms with E-state index in [1.807, 2.05) is 17.7 Å². The van der Waals surface area contributed by atoms with Crippen LogP contribution in [0.5, 0.6) is 0 Å². The molecule has 0 aliphatic heterocycles. The second-order valence-electron chi connectivity index (χ2n) is 6.27. The lowest BCUT2D eigenvalue weighted by Crippen LogP contribution is -2.04. The SMILES string of the molecule is Cc1cc(C(F)(F)P)cc2c1cc(Cc1c(Cl)ccc(C=O)c1Cl)n2C. The van der Waals surface area contributed by atoms with Gasteiger partial charge in [0.2, 0.25) is 0 Å². The Kier molecular flexibility index (Phi) is 5.13. The van der Waals surface area contributed by atoms with Gasteiger partial charge in [-0.1, -0.05) is 32.4 Å². The summed E-state index contributed by atoms with van der Waals surface area (Å²) < 4.78 is 29.3. The van der Waals surface area contributed by atoms with E-state index in [1.165, 1.54) is 12.1 Å². The molecule has 0 N–H and O–H groups in total. The fourth-order valence-corrected chi connectivity index (χ4v) is 3.79. The van der Waals surface area contributed by atoms with E-state index < -0.39 is 5.66 Å². The summed E-state index contributed by atoms with van der Waals surface area (Å²) in [5, 5.41) is 1.66. The second kappa shape index (κ2) is 6.92. The molecule has 26 heavy (non-hydrogen) atoms. The molecular weight excluding hydrogens is 398 g/mol. The van der Waals surface area contributed by atoms with Crippen molar-refractivity contribution in [1.82, 2.24) is 4.57 Å². The number of alkyl halides is 2. The molecule has 7 heteroatoms. The van der Waals surface area contributed by atoms with Crippen LogP contribution in [0.25, 0.3) is 10.9 Å². The lowest BCUT2D eigenvalue weighted by molar-refractivity contribution is 0.104. The van der Waals surface area contributed by atoms with Gasteiger partial charge >= 0.3 is 0 Å². The number of rotatable bonds is 4. The summed E-state index contributed by atoms with van der Waals surface area (Å²) in [6.07, 6.45) is 1.07. The van der Waals surface area contributed by atoms with Gasteiger partial charge in [0.05, 0.1) is 5.02 Å². The highest BCUT2D eigenvalue weighted by Gasteiger charge is 2.26. The standard InChI is InChI=1S/C19H16Cl2F2NOP/c1-10-5-12(19(22,23)26)6-17-14(10)7-13(24(17)2)8-15-16(20)4-3-11(9-25)18(15)21/h3-7,9H,8,26H2,1-2H3. The number of aryl methyl sites for hydroxylation is 2. The van der Waals surface area contributed by atoms with Gasteiger partial charge in [0.1, 0.15) is 0 Å². The minimum Gasteiger partial charge on any atom is -0.347 e. The van der Waals surface area contributed by atoms with E-state index in [1.54, 1.807) is 28.3 Å². The summed E-state index contributed by atoms with van der Waals surface area (Å²) in [4.78, 5) is 11.1. The molecule has 1 unspecified atom stereocenters. The Labute approximate surface area is 162 Å². The normalized spacial score (nSPS) is 12.0. The summed E-state index contributed by atoms with van der Waals surface area (Å²) in [5.41, 5.74) is 0.285. The Bertz CT molecular complexity index is 1020. The fourth-order valence-electron chi connectivity index (χ4n) is 3.08. The first kappa shape index (κ1) is 19.3. The zero-order chi connectivity index (χ0) is 19.2. The van der Waals surface area contributed by atoms with Gasteiger partial charge in [0.25, 0.3) is 5.66 Å². The van der Waals surface area contributed by atoms with Crippen LogP contribution in [0.15, 0.2) is 30.3 Å². The van der Waals surface area contributed by atoms with E-state index in [-0.39, 0.29) is 5.56 Å². The van der Waals surface area contributed by atoms with Crippen LogP contribution in [0.2, 0.25) is 10.0 Å². The number of aromatic nitrogens is 1. The highest BCUT2D eigenvalue weighted by Crippen LogP contribution is 2.38. The minimum absolute atomic E-state index is 0.0562. The third kappa shape index (κ3) is 3.38. The number of hydrogen-bond acceptors (Lipinski definition) is 1. The van der Waals surface area contributed by atoms with Crippen molar-refractivity contribution in [2.75, 3.05) is 0 Å². The first-order valence-electron chi connectivity index (χ1n) is 7.81. The van der Waals surface area contributed by atoms with Crippen LogP contribution in [0.3, 0.4) is 0 Å². The zero-order valence-corrected chi connectivity index (χ0v) is 16.8. The van der Waals surface area contributed by atoms with E-state index in [9.17, 15) is 13.6 Å². The number of carbonyl (C=O) groups is 1. The third-order valence-electron chi connectivity index (χ3n) is 4.55. The highest BCUT2D eigenvalue weighted by atomic mass is 35.5. The van der Waals surface area contributed by atoms with Crippen molar-refractivity contribution in [2.45, 2.75) is 19.0 Å². The molecule has 3 rings (SSSR count). The number of halogens is 4. The molecule has 0 saturated carbocycles. The van der Waals surface area contributed by atoms with Crippen LogP contribution in [-0.4, -0.2) is 10.9 Å². The van der Waals surface area contributed by atoms with Gasteiger partial charge in [-0.2, -0.15) is 8.78 Å². The fraction of sp³-hybridized carbons (Fsp3) is 0.211. The molecule has 0 amide bonds. The number of hydrogen-bond donors (Lipinski definition) is 0. The van der Waals surface area contributed by atoms with Crippen molar-refractivity contribution in [2.24, 2.45) is 7.05 Å². The van der Waals surface area contributed by atoms with Gasteiger partial charge in [0, 0.05) is 46.2 Å². The van der Waals surface area contributed by atoms with Crippen molar-refractivity contribution >= 4 is 49.6 Å². The molecule has 1 atom stereocenters. The molecule has 2 nitrogen and oxygen atoms in total. The molecular formula is C19H16Cl2F2NOP. The summed E-state index contributed by atoms with van der Waals surface area (Å²) >= 11 is 12.6. The molecule has 0 spiro atoms. The van der Waals surface area contributed by atoms with Crippen LogP contribution < -0.4 is 0 Å². The van der Waals surface area contributed by atoms with Crippen LogP contribution in [0.1, 0.15) is 32.7 Å². The van der Waals surface area contributed by atoms with Crippen molar-refractivity contribution in [3.63, 3.8) is 0 Å². The van der Waals surface area contributed by atoms with Crippen molar-refractivity contribution in [1.29, 1.82) is 0 Å². The number of nitrogens with zero attached hydrogens (tertiary/aromatic N) is 1. The highest BCUT2D eigenvalue weighted by molar-refractivity contribution is 7.17. The molecule has 0 aliphatic rings. The van der Waals surface area contributed by atoms with Gasteiger partial charge in [-0.3, -0.25) is 4.79 Å². The summed E-state index contributed by atoms with van der Waals surface area (Å²) in [6.45, 7) is 1.80. The average molecular weight is 414 g/mol. The van der Waals surface area contributed by atoms with Crippen LogP contribution >= 0.6 is 32.4 Å². The van der Waals surface area contributed by atoms with E-state index in [2.05, 4.69) is 0 Å². The predicted octanol–water partition coefficient (Wildman–Crippen LogP) is 6.12. The van der Waals surface area contributed by atoms with Crippen molar-refractivity contribution < 1.29 is 13.6 Å². The predicted molar refractivity (Wildman–Crippen MR) is 106 cm³/mol. The third-order valence-corrected chi connectivity index (χ3v) is 5.69. The molecule has 0 fully saturated rings. The number of carbonyl (C=O) groups excluding carboxylic acids is 1. The molecule has 136 valence electrons. The lowest BCUT2D eigenvalue weighted by atomic mass is 10.0. The van der Waals surface area contributed by atoms with Gasteiger partial charge in [0.15, 0.2) is 6.29 Å². The van der Waals surface area contributed by atoms with Crippen LogP contribution in [-0.2, 0) is 19.1 Å². The minimum atomic E-state index is -2.99. The van der Waals surface area contributed by atoms with E-state index in [4.69, 9.17) is 23.2 Å². The Morgan fingerprint density at radius 3 is 2.54 bits per heavy atom. The lowest BCUT2D eigenvalue weighted by Gasteiger charge is -2.13. The molecule has 1 aromatic heterocycles. The molecule has 1 heterocycles. The summed E-state index contributed by atoms with van der Waals surface area (Å²) in [6, 6.07) is 8.12. The molecule has 0 bridgehead atoms. The topological polar surface area (TPSA) is 22.0 Å². The van der Waals surface area contributed by atoms with Gasteiger partial charge in [-0.05, 0) is 48.4 Å². The molecule has 0 aliphatic carbocycles. The quantitative estimate of drug-likeness (QED) is 0.372. The maximum absolute atomic E-state index is 13.7. The first-order chi connectivity index (χ1) is 12.1. The van der Waals surface area contributed by atoms with E-state index in [0.717, 1.165) is 16.6 Å². The van der Waals surface area contributed by atoms with Crippen LogP contribution in [0, 0.1) is 6.92 Å². The molecule has 3 aromatic rings. The molecule has 0 radical (unpaired) electrons. The number of fused-ring (bicyclic) bond motifs is 1. The maximum atomic E-state index is 13.7. The Hall–Kier alpha value is -1.48. The average Bonchev–Trinajstić information content (AvgIpc) is 2.88. The monoisotopic (exact) mass is 413 g/mol. The smallest absolute Gasteiger partial charge is 0.283 e. The first-order valence-corrected chi connectivity index (χ1v) is 9.15. The van der Waals surface area contributed by atoms with E-state index >= 15 is 0 Å².